The quantitative estimate of drug-likeness (QED) is 0.830. The molecule has 0 aliphatic carbocycles. The maximum Gasteiger partial charge on any atom is 0.586 e. The number of nitrogens with zero attached hydrogens (tertiary/aromatic N) is 1. The van der Waals surface area contributed by atoms with E-state index in [4.69, 9.17) is 11.0 Å². The summed E-state index contributed by atoms with van der Waals surface area (Å²) >= 11 is 0. The summed E-state index contributed by atoms with van der Waals surface area (Å²) in [6.45, 7) is 0. The van der Waals surface area contributed by atoms with Gasteiger partial charge >= 0.3 is 6.29 Å². The average molecular weight is 289 g/mol. The maximum absolute atomic E-state index is 12.9. The number of nitriles is 1. The molecule has 0 saturated heterocycles. The van der Waals surface area contributed by atoms with Crippen LogP contribution in [0.1, 0.15) is 5.56 Å². The molecule has 3 rings (SSSR count). The lowest BCUT2D eigenvalue weighted by Crippen LogP contribution is -2.25. The van der Waals surface area contributed by atoms with Crippen LogP contribution >= 0.6 is 0 Å². The molecule has 0 aromatic heterocycles. The van der Waals surface area contributed by atoms with Crippen LogP contribution in [0.15, 0.2) is 36.4 Å². The van der Waals surface area contributed by atoms with Gasteiger partial charge in [-0.3, -0.25) is 0 Å². The first-order valence-electron chi connectivity index (χ1n) is 5.93. The van der Waals surface area contributed by atoms with Crippen LogP contribution in [-0.4, -0.2) is 6.29 Å². The summed E-state index contributed by atoms with van der Waals surface area (Å²) in [7, 11) is 0. The van der Waals surface area contributed by atoms with Crippen LogP contribution in [0.4, 0.5) is 25.8 Å². The Balaban J connectivity index is 1.86. The van der Waals surface area contributed by atoms with Crippen molar-refractivity contribution in [3.05, 3.63) is 42.0 Å². The zero-order valence-corrected chi connectivity index (χ0v) is 10.6. The summed E-state index contributed by atoms with van der Waals surface area (Å²) in [5, 5.41) is 11.9. The van der Waals surface area contributed by atoms with Crippen LogP contribution in [-0.2, 0) is 0 Å². The second-order valence-electron chi connectivity index (χ2n) is 4.37. The number of anilines is 3. The molecule has 2 aromatic rings. The van der Waals surface area contributed by atoms with Crippen molar-refractivity contribution >= 4 is 17.1 Å². The van der Waals surface area contributed by atoms with E-state index in [1.165, 1.54) is 12.1 Å². The third-order valence-corrected chi connectivity index (χ3v) is 2.86. The molecule has 21 heavy (non-hydrogen) atoms. The second kappa shape index (κ2) is 4.52. The fourth-order valence-corrected chi connectivity index (χ4v) is 1.92. The standard InChI is InChI=1S/C14H9F2N3O2/c15-14(16)20-12-4-2-10(6-13(12)21-14)19-9-1-3-11(18)8(5-9)7-17/h1-6,19H,18H2. The summed E-state index contributed by atoms with van der Waals surface area (Å²) in [6, 6.07) is 11.1. The minimum Gasteiger partial charge on any atom is -0.398 e. The largest absolute Gasteiger partial charge is 0.586 e. The molecule has 2 aromatic carbocycles. The Morgan fingerprint density at radius 1 is 1.05 bits per heavy atom. The first kappa shape index (κ1) is 13.0. The number of rotatable bonds is 2. The molecule has 1 aliphatic heterocycles. The first-order chi connectivity index (χ1) is 9.97. The molecule has 0 amide bonds. The lowest BCUT2D eigenvalue weighted by Gasteiger charge is -2.08. The van der Waals surface area contributed by atoms with Gasteiger partial charge in [-0.1, -0.05) is 0 Å². The monoisotopic (exact) mass is 289 g/mol. The molecular weight excluding hydrogens is 280 g/mol. The molecule has 0 saturated carbocycles. The number of ether oxygens (including phenoxy) is 2. The maximum atomic E-state index is 12.9. The number of hydrogen-bond acceptors (Lipinski definition) is 5. The van der Waals surface area contributed by atoms with E-state index in [-0.39, 0.29) is 11.5 Å². The van der Waals surface area contributed by atoms with Gasteiger partial charge in [0.05, 0.1) is 5.56 Å². The molecule has 1 heterocycles. The van der Waals surface area contributed by atoms with E-state index >= 15 is 0 Å². The molecule has 1 aliphatic rings. The molecule has 0 fully saturated rings. The van der Waals surface area contributed by atoms with E-state index in [1.54, 1.807) is 24.3 Å². The van der Waals surface area contributed by atoms with Gasteiger partial charge in [-0.25, -0.2) is 0 Å². The minimum atomic E-state index is -3.64. The summed E-state index contributed by atoms with van der Waals surface area (Å²) in [4.78, 5) is 0. The van der Waals surface area contributed by atoms with E-state index < -0.39 is 6.29 Å². The number of nitrogens with one attached hydrogen (secondary N) is 1. The molecule has 0 bridgehead atoms. The zero-order valence-electron chi connectivity index (χ0n) is 10.6. The highest BCUT2D eigenvalue weighted by Crippen LogP contribution is 2.42. The lowest BCUT2D eigenvalue weighted by molar-refractivity contribution is -0.286. The summed E-state index contributed by atoms with van der Waals surface area (Å²) < 4.78 is 34.5. The highest BCUT2D eigenvalue weighted by Gasteiger charge is 2.43. The van der Waals surface area contributed by atoms with Crippen LogP contribution in [0.25, 0.3) is 0 Å². The van der Waals surface area contributed by atoms with Crippen LogP contribution in [0.5, 0.6) is 11.5 Å². The van der Waals surface area contributed by atoms with Crippen molar-refractivity contribution < 1.29 is 18.3 Å². The van der Waals surface area contributed by atoms with Gasteiger partial charge in [0, 0.05) is 23.1 Å². The number of fused-ring (bicyclic) bond motifs is 1. The van der Waals surface area contributed by atoms with Crippen LogP contribution in [0, 0.1) is 11.3 Å². The molecule has 0 atom stereocenters. The lowest BCUT2D eigenvalue weighted by atomic mass is 10.1. The third-order valence-electron chi connectivity index (χ3n) is 2.86. The van der Waals surface area contributed by atoms with Crippen molar-refractivity contribution in [2.75, 3.05) is 11.1 Å². The van der Waals surface area contributed by atoms with Gasteiger partial charge in [-0.15, -0.1) is 8.78 Å². The highest BCUT2D eigenvalue weighted by molar-refractivity contribution is 5.68. The molecular formula is C14H9F2N3O2. The molecule has 0 radical (unpaired) electrons. The van der Waals surface area contributed by atoms with Gasteiger partial charge in [0.1, 0.15) is 6.07 Å². The zero-order chi connectivity index (χ0) is 15.0. The Bertz CT molecular complexity index is 756. The fourth-order valence-electron chi connectivity index (χ4n) is 1.92. The van der Waals surface area contributed by atoms with Gasteiger partial charge in [-0.05, 0) is 30.3 Å². The van der Waals surface area contributed by atoms with Gasteiger partial charge in [0.2, 0.25) is 0 Å². The molecule has 0 unspecified atom stereocenters. The normalized spacial score (nSPS) is 14.5. The summed E-state index contributed by atoms with van der Waals surface area (Å²) in [5.74, 6) is -0.0819. The summed E-state index contributed by atoms with van der Waals surface area (Å²) in [5.41, 5.74) is 7.44. The number of hydrogen-bond donors (Lipinski definition) is 2. The molecule has 7 heteroatoms. The number of benzene rings is 2. The number of nitrogens with two attached hydrogens (primary N) is 1. The minimum absolute atomic E-state index is 0.0272. The number of halogens is 2. The Morgan fingerprint density at radius 2 is 1.71 bits per heavy atom. The van der Waals surface area contributed by atoms with Crippen LogP contribution in [0.2, 0.25) is 0 Å². The number of nitrogen functional groups attached to an aromatic ring is 1. The van der Waals surface area contributed by atoms with Crippen molar-refractivity contribution in [2.45, 2.75) is 6.29 Å². The smallest absolute Gasteiger partial charge is 0.398 e. The molecule has 3 N–H and O–H groups in total. The van der Waals surface area contributed by atoms with Gasteiger partial charge in [0.25, 0.3) is 0 Å². The molecule has 5 nitrogen and oxygen atoms in total. The first-order valence-corrected chi connectivity index (χ1v) is 5.93. The average Bonchev–Trinajstić information content (AvgIpc) is 2.74. The second-order valence-corrected chi connectivity index (χ2v) is 4.37. The van der Waals surface area contributed by atoms with Crippen molar-refractivity contribution in [1.82, 2.24) is 0 Å². The predicted octanol–water partition coefficient (Wildman–Crippen LogP) is 3.21. The van der Waals surface area contributed by atoms with Gasteiger partial charge < -0.3 is 20.5 Å². The van der Waals surface area contributed by atoms with E-state index in [9.17, 15) is 8.78 Å². The summed E-state index contributed by atoms with van der Waals surface area (Å²) in [6.07, 6.45) is -3.64. The van der Waals surface area contributed by atoms with Gasteiger partial charge in [-0.2, -0.15) is 5.26 Å². The Morgan fingerprint density at radius 3 is 2.48 bits per heavy atom. The van der Waals surface area contributed by atoms with Crippen molar-refractivity contribution in [1.29, 1.82) is 5.26 Å². The van der Waals surface area contributed by atoms with Crippen LogP contribution in [0.3, 0.4) is 0 Å². The fraction of sp³-hybridized carbons (Fsp3) is 0.0714. The predicted molar refractivity (Wildman–Crippen MR) is 71.5 cm³/mol. The molecule has 0 spiro atoms. The van der Waals surface area contributed by atoms with Crippen molar-refractivity contribution in [2.24, 2.45) is 0 Å². The highest BCUT2D eigenvalue weighted by atomic mass is 19.3. The van der Waals surface area contributed by atoms with E-state index in [1.807, 2.05) is 6.07 Å². The van der Waals surface area contributed by atoms with E-state index in [0.717, 1.165) is 0 Å². The van der Waals surface area contributed by atoms with Crippen molar-refractivity contribution in [3.63, 3.8) is 0 Å². The Kier molecular flexibility index (Phi) is 2.80. The van der Waals surface area contributed by atoms with E-state index in [0.29, 0.717) is 22.6 Å². The number of alkyl halides is 2. The van der Waals surface area contributed by atoms with Crippen molar-refractivity contribution in [3.8, 4) is 17.6 Å². The van der Waals surface area contributed by atoms with Gasteiger partial charge in [0.15, 0.2) is 11.5 Å². The Hall–Kier alpha value is -3.01. The third kappa shape index (κ3) is 2.51. The van der Waals surface area contributed by atoms with E-state index in [2.05, 4.69) is 14.8 Å². The SMILES string of the molecule is N#Cc1cc(Nc2ccc3c(c2)OC(F)(F)O3)ccc1N. The molecule has 106 valence electrons. The topological polar surface area (TPSA) is 80.3 Å². The van der Waals surface area contributed by atoms with Crippen LogP contribution < -0.4 is 20.5 Å². The Labute approximate surface area is 118 Å².